The lowest BCUT2D eigenvalue weighted by atomic mass is 10.1. The van der Waals surface area contributed by atoms with Crippen LogP contribution < -0.4 is 5.73 Å². The summed E-state index contributed by atoms with van der Waals surface area (Å²) in [6, 6.07) is 8.02. The Bertz CT molecular complexity index is 476. The Labute approximate surface area is 97.0 Å². The van der Waals surface area contributed by atoms with Crippen molar-refractivity contribution in [2.24, 2.45) is 12.8 Å². The van der Waals surface area contributed by atoms with E-state index in [2.05, 4.69) is 21.0 Å². The van der Waals surface area contributed by atoms with Gasteiger partial charge in [0, 0.05) is 35.4 Å². The highest BCUT2D eigenvalue weighted by atomic mass is 79.9. The number of benzene rings is 1. The van der Waals surface area contributed by atoms with E-state index in [0.29, 0.717) is 6.54 Å². The van der Waals surface area contributed by atoms with E-state index in [1.54, 1.807) is 4.68 Å². The number of hydrogen-bond acceptors (Lipinski definition) is 2. The highest BCUT2D eigenvalue weighted by Gasteiger charge is 2.10. The van der Waals surface area contributed by atoms with Crippen LogP contribution >= 0.6 is 15.9 Å². The lowest BCUT2D eigenvalue weighted by Gasteiger charge is -2.02. The summed E-state index contributed by atoms with van der Waals surface area (Å²) in [5.41, 5.74) is 8.78. The average Bonchev–Trinajstić information content (AvgIpc) is 2.60. The molecule has 0 radical (unpaired) electrons. The van der Waals surface area contributed by atoms with Crippen molar-refractivity contribution in [2.75, 3.05) is 0 Å². The zero-order chi connectivity index (χ0) is 10.8. The SMILES string of the molecule is Cn1cc(CN)c(-c2ccccc2Br)n1. The van der Waals surface area contributed by atoms with E-state index in [4.69, 9.17) is 5.73 Å². The van der Waals surface area contributed by atoms with Gasteiger partial charge < -0.3 is 5.73 Å². The van der Waals surface area contributed by atoms with Gasteiger partial charge in [0.15, 0.2) is 0 Å². The molecule has 0 aliphatic carbocycles. The number of nitrogens with two attached hydrogens (primary N) is 1. The first kappa shape index (κ1) is 10.4. The van der Waals surface area contributed by atoms with Crippen molar-refractivity contribution < 1.29 is 0 Å². The molecule has 0 amide bonds. The molecule has 0 aliphatic rings. The highest BCUT2D eigenvalue weighted by Crippen LogP contribution is 2.28. The van der Waals surface area contributed by atoms with Gasteiger partial charge in [-0.25, -0.2) is 0 Å². The minimum atomic E-state index is 0.504. The fourth-order valence-corrected chi connectivity index (χ4v) is 2.04. The van der Waals surface area contributed by atoms with Crippen molar-refractivity contribution >= 4 is 15.9 Å². The van der Waals surface area contributed by atoms with Gasteiger partial charge in [-0.15, -0.1) is 0 Å². The van der Waals surface area contributed by atoms with Crippen molar-refractivity contribution in [2.45, 2.75) is 6.54 Å². The molecule has 0 saturated heterocycles. The molecule has 15 heavy (non-hydrogen) atoms. The molecule has 4 heteroatoms. The molecule has 2 rings (SSSR count). The molecule has 2 N–H and O–H groups in total. The van der Waals surface area contributed by atoms with Crippen LogP contribution in [-0.4, -0.2) is 9.78 Å². The van der Waals surface area contributed by atoms with E-state index in [1.807, 2.05) is 37.5 Å². The normalized spacial score (nSPS) is 10.6. The summed E-state index contributed by atoms with van der Waals surface area (Å²) in [6.07, 6.45) is 1.95. The number of nitrogens with zero attached hydrogens (tertiary/aromatic N) is 2. The Morgan fingerprint density at radius 3 is 2.80 bits per heavy atom. The summed E-state index contributed by atoms with van der Waals surface area (Å²) in [7, 11) is 1.90. The molecule has 0 fully saturated rings. The maximum absolute atomic E-state index is 5.68. The van der Waals surface area contributed by atoms with E-state index < -0.39 is 0 Å². The second-order valence-corrected chi connectivity index (χ2v) is 4.21. The lowest BCUT2D eigenvalue weighted by Crippen LogP contribution is -1.96. The molecule has 0 atom stereocenters. The van der Waals surface area contributed by atoms with Gasteiger partial charge in [-0.2, -0.15) is 5.10 Å². The van der Waals surface area contributed by atoms with Gasteiger partial charge in [-0.05, 0) is 6.07 Å². The van der Waals surface area contributed by atoms with Gasteiger partial charge in [-0.3, -0.25) is 4.68 Å². The minimum Gasteiger partial charge on any atom is -0.326 e. The Kier molecular flexibility index (Phi) is 2.88. The van der Waals surface area contributed by atoms with Gasteiger partial charge in [0.1, 0.15) is 0 Å². The summed E-state index contributed by atoms with van der Waals surface area (Å²) in [4.78, 5) is 0. The van der Waals surface area contributed by atoms with Gasteiger partial charge >= 0.3 is 0 Å². The summed E-state index contributed by atoms with van der Waals surface area (Å²) in [5, 5.41) is 4.42. The third-order valence-electron chi connectivity index (χ3n) is 2.25. The van der Waals surface area contributed by atoms with Gasteiger partial charge in [0.05, 0.1) is 5.69 Å². The maximum atomic E-state index is 5.68. The molecule has 0 bridgehead atoms. The molecule has 0 spiro atoms. The largest absolute Gasteiger partial charge is 0.326 e. The molecule has 0 saturated carbocycles. The summed E-state index contributed by atoms with van der Waals surface area (Å²) < 4.78 is 2.83. The zero-order valence-electron chi connectivity index (χ0n) is 8.44. The molecule has 0 aliphatic heterocycles. The smallest absolute Gasteiger partial charge is 0.0979 e. The molecule has 1 aromatic heterocycles. The van der Waals surface area contributed by atoms with Crippen LogP contribution in [0, 0.1) is 0 Å². The Morgan fingerprint density at radius 1 is 1.40 bits per heavy atom. The summed E-state index contributed by atoms with van der Waals surface area (Å²) in [5.74, 6) is 0. The highest BCUT2D eigenvalue weighted by molar-refractivity contribution is 9.10. The average molecular weight is 266 g/mol. The van der Waals surface area contributed by atoms with Crippen LogP contribution in [0.3, 0.4) is 0 Å². The van der Waals surface area contributed by atoms with Gasteiger partial charge in [-0.1, -0.05) is 34.1 Å². The molecular weight excluding hydrogens is 254 g/mol. The van der Waals surface area contributed by atoms with Crippen LogP contribution in [0.2, 0.25) is 0 Å². The number of aromatic nitrogens is 2. The van der Waals surface area contributed by atoms with E-state index in [1.165, 1.54) is 0 Å². The van der Waals surface area contributed by atoms with E-state index in [0.717, 1.165) is 21.3 Å². The van der Waals surface area contributed by atoms with Crippen LogP contribution in [-0.2, 0) is 13.6 Å². The maximum Gasteiger partial charge on any atom is 0.0979 e. The first-order chi connectivity index (χ1) is 7.22. The van der Waals surface area contributed by atoms with E-state index in [-0.39, 0.29) is 0 Å². The van der Waals surface area contributed by atoms with E-state index >= 15 is 0 Å². The van der Waals surface area contributed by atoms with Gasteiger partial charge in [0.25, 0.3) is 0 Å². The van der Waals surface area contributed by atoms with Crippen LogP contribution in [0.4, 0.5) is 0 Å². The third-order valence-corrected chi connectivity index (χ3v) is 2.94. The Balaban J connectivity index is 2.58. The monoisotopic (exact) mass is 265 g/mol. The number of rotatable bonds is 2. The molecule has 78 valence electrons. The zero-order valence-corrected chi connectivity index (χ0v) is 10.0. The number of hydrogen-bond donors (Lipinski definition) is 1. The fraction of sp³-hybridized carbons (Fsp3) is 0.182. The predicted molar refractivity (Wildman–Crippen MR) is 64.2 cm³/mol. The quantitative estimate of drug-likeness (QED) is 0.906. The fourth-order valence-electron chi connectivity index (χ4n) is 1.57. The predicted octanol–water partition coefficient (Wildman–Crippen LogP) is 2.31. The Hall–Kier alpha value is -1.13. The standard InChI is InChI=1S/C11H12BrN3/c1-15-7-8(6-13)11(14-15)9-4-2-3-5-10(9)12/h2-5,7H,6,13H2,1H3. The third kappa shape index (κ3) is 1.96. The first-order valence-corrected chi connectivity index (χ1v) is 5.49. The molecular formula is C11H12BrN3. The van der Waals surface area contributed by atoms with Crippen molar-refractivity contribution in [1.29, 1.82) is 0 Å². The van der Waals surface area contributed by atoms with Gasteiger partial charge in [0.2, 0.25) is 0 Å². The lowest BCUT2D eigenvalue weighted by molar-refractivity contribution is 0.769. The van der Waals surface area contributed by atoms with Crippen molar-refractivity contribution in [3.63, 3.8) is 0 Å². The molecule has 1 heterocycles. The molecule has 2 aromatic rings. The van der Waals surface area contributed by atoms with Crippen LogP contribution in [0.1, 0.15) is 5.56 Å². The Morgan fingerprint density at radius 2 is 2.13 bits per heavy atom. The molecule has 0 unspecified atom stereocenters. The first-order valence-electron chi connectivity index (χ1n) is 4.70. The van der Waals surface area contributed by atoms with Crippen LogP contribution in [0.25, 0.3) is 11.3 Å². The van der Waals surface area contributed by atoms with Crippen molar-refractivity contribution in [3.8, 4) is 11.3 Å². The number of halogens is 1. The topological polar surface area (TPSA) is 43.8 Å². The summed E-state index contributed by atoms with van der Waals surface area (Å²) in [6.45, 7) is 0.504. The second-order valence-electron chi connectivity index (χ2n) is 3.36. The molecule has 3 nitrogen and oxygen atoms in total. The second kappa shape index (κ2) is 4.16. The summed E-state index contributed by atoms with van der Waals surface area (Å²) >= 11 is 3.52. The van der Waals surface area contributed by atoms with Crippen LogP contribution in [0.15, 0.2) is 34.9 Å². The van der Waals surface area contributed by atoms with Crippen LogP contribution in [0.5, 0.6) is 0 Å². The van der Waals surface area contributed by atoms with E-state index in [9.17, 15) is 0 Å². The molecule has 1 aromatic carbocycles. The van der Waals surface area contributed by atoms with Crippen molar-refractivity contribution in [3.05, 3.63) is 40.5 Å². The number of aryl methyl sites for hydroxylation is 1. The minimum absolute atomic E-state index is 0.504. The van der Waals surface area contributed by atoms with Crippen molar-refractivity contribution in [1.82, 2.24) is 9.78 Å².